The Balaban J connectivity index is 2.22. The van der Waals surface area contributed by atoms with Crippen LogP contribution in [0.15, 0.2) is 47.8 Å². The first-order valence-corrected chi connectivity index (χ1v) is 5.78. The molecule has 1 aromatic heterocycles. The Bertz CT molecular complexity index is 589. The SMILES string of the molecule is COc1ccc(/C=C/c2ncccc2/C=N/O)cc1. The lowest BCUT2D eigenvalue weighted by molar-refractivity contribution is 0.322. The zero-order chi connectivity index (χ0) is 13.5. The molecule has 0 aliphatic heterocycles. The average molecular weight is 254 g/mol. The van der Waals surface area contributed by atoms with Crippen molar-refractivity contribution in [3.63, 3.8) is 0 Å². The van der Waals surface area contributed by atoms with E-state index in [4.69, 9.17) is 9.94 Å². The zero-order valence-corrected chi connectivity index (χ0v) is 10.5. The molecule has 0 amide bonds. The Hall–Kier alpha value is -2.62. The van der Waals surface area contributed by atoms with Crippen molar-refractivity contribution in [2.24, 2.45) is 5.16 Å². The highest BCUT2D eigenvalue weighted by molar-refractivity contribution is 5.86. The molecule has 4 heteroatoms. The van der Waals surface area contributed by atoms with Crippen LogP contribution in [0.1, 0.15) is 16.8 Å². The minimum absolute atomic E-state index is 0.746. The molecule has 0 bridgehead atoms. The van der Waals surface area contributed by atoms with Crippen molar-refractivity contribution in [1.82, 2.24) is 4.98 Å². The first kappa shape index (κ1) is 12.8. The van der Waals surface area contributed by atoms with Gasteiger partial charge in [0.2, 0.25) is 0 Å². The van der Waals surface area contributed by atoms with Crippen LogP contribution in [0.2, 0.25) is 0 Å². The molecule has 0 saturated carbocycles. The summed E-state index contributed by atoms with van der Waals surface area (Å²) in [5, 5.41) is 11.6. The van der Waals surface area contributed by atoms with Gasteiger partial charge in [-0.05, 0) is 35.9 Å². The summed E-state index contributed by atoms with van der Waals surface area (Å²) in [5.74, 6) is 0.822. The third-order valence-electron chi connectivity index (χ3n) is 2.62. The molecule has 0 unspecified atom stereocenters. The van der Waals surface area contributed by atoms with E-state index in [9.17, 15) is 0 Å². The molecule has 2 aromatic rings. The van der Waals surface area contributed by atoms with E-state index in [0.717, 1.165) is 22.6 Å². The van der Waals surface area contributed by atoms with Gasteiger partial charge in [-0.2, -0.15) is 0 Å². The van der Waals surface area contributed by atoms with Crippen molar-refractivity contribution in [2.75, 3.05) is 7.11 Å². The highest BCUT2D eigenvalue weighted by atomic mass is 16.5. The topological polar surface area (TPSA) is 54.7 Å². The summed E-state index contributed by atoms with van der Waals surface area (Å²) in [4.78, 5) is 4.23. The Morgan fingerprint density at radius 3 is 2.63 bits per heavy atom. The van der Waals surface area contributed by atoms with E-state index in [1.54, 1.807) is 19.4 Å². The normalized spacial score (nSPS) is 11.2. The van der Waals surface area contributed by atoms with Crippen molar-refractivity contribution in [3.8, 4) is 5.75 Å². The fraction of sp³-hybridized carbons (Fsp3) is 0.0667. The average Bonchev–Trinajstić information content (AvgIpc) is 2.47. The highest BCUT2D eigenvalue weighted by Gasteiger charge is 1.97. The second-order valence-electron chi connectivity index (χ2n) is 3.83. The lowest BCUT2D eigenvalue weighted by atomic mass is 10.1. The molecule has 0 saturated heterocycles. The largest absolute Gasteiger partial charge is 0.497 e. The van der Waals surface area contributed by atoms with Gasteiger partial charge in [-0.15, -0.1) is 0 Å². The molecular weight excluding hydrogens is 240 g/mol. The summed E-state index contributed by atoms with van der Waals surface area (Å²) < 4.78 is 5.10. The summed E-state index contributed by atoms with van der Waals surface area (Å²) in [6, 6.07) is 11.3. The van der Waals surface area contributed by atoms with Crippen LogP contribution in [0.25, 0.3) is 12.2 Å². The molecule has 0 fully saturated rings. The van der Waals surface area contributed by atoms with Crippen molar-refractivity contribution >= 4 is 18.4 Å². The molecular formula is C15H14N2O2. The van der Waals surface area contributed by atoms with E-state index in [1.165, 1.54) is 6.21 Å². The first-order valence-electron chi connectivity index (χ1n) is 5.78. The predicted molar refractivity (Wildman–Crippen MR) is 75.5 cm³/mol. The number of ether oxygens (including phenoxy) is 1. The van der Waals surface area contributed by atoms with Gasteiger partial charge in [0.05, 0.1) is 19.0 Å². The number of pyridine rings is 1. The van der Waals surface area contributed by atoms with Gasteiger partial charge in [0.1, 0.15) is 5.75 Å². The van der Waals surface area contributed by atoms with Crippen molar-refractivity contribution in [2.45, 2.75) is 0 Å². The summed E-state index contributed by atoms with van der Waals surface area (Å²) in [5.41, 5.74) is 2.55. The van der Waals surface area contributed by atoms with Crippen LogP contribution in [0, 0.1) is 0 Å². The van der Waals surface area contributed by atoms with Crippen LogP contribution >= 0.6 is 0 Å². The van der Waals surface area contributed by atoms with Crippen molar-refractivity contribution in [3.05, 3.63) is 59.4 Å². The Kier molecular flexibility index (Phi) is 4.29. The number of methoxy groups -OCH3 is 1. The molecule has 19 heavy (non-hydrogen) atoms. The molecule has 0 atom stereocenters. The standard InChI is InChI=1S/C15H14N2O2/c1-19-14-7-4-12(5-8-14)6-9-15-13(11-17-18)3-2-10-16-15/h2-11,18H,1H3/b9-6+,17-11+. The minimum Gasteiger partial charge on any atom is -0.497 e. The van der Waals surface area contributed by atoms with Gasteiger partial charge < -0.3 is 9.94 Å². The Labute approximate surface area is 111 Å². The summed E-state index contributed by atoms with van der Waals surface area (Å²) >= 11 is 0. The molecule has 1 N–H and O–H groups in total. The molecule has 0 radical (unpaired) electrons. The maximum atomic E-state index is 8.59. The third kappa shape index (κ3) is 3.42. The molecule has 0 aliphatic rings. The summed E-state index contributed by atoms with van der Waals surface area (Å²) in [7, 11) is 1.64. The number of oxime groups is 1. The van der Waals surface area contributed by atoms with Gasteiger partial charge in [-0.1, -0.05) is 23.4 Å². The smallest absolute Gasteiger partial charge is 0.118 e. The molecule has 2 rings (SSSR count). The van der Waals surface area contributed by atoms with Gasteiger partial charge >= 0.3 is 0 Å². The number of benzene rings is 1. The van der Waals surface area contributed by atoms with Gasteiger partial charge in [0.25, 0.3) is 0 Å². The maximum Gasteiger partial charge on any atom is 0.118 e. The van der Waals surface area contributed by atoms with E-state index in [2.05, 4.69) is 10.1 Å². The number of nitrogens with zero attached hydrogens (tertiary/aromatic N) is 2. The van der Waals surface area contributed by atoms with Crippen molar-refractivity contribution < 1.29 is 9.94 Å². The number of hydrogen-bond donors (Lipinski definition) is 1. The van der Waals surface area contributed by atoms with Gasteiger partial charge in [0, 0.05) is 11.8 Å². The number of aromatic nitrogens is 1. The lowest BCUT2D eigenvalue weighted by Gasteiger charge is -2.00. The number of hydrogen-bond acceptors (Lipinski definition) is 4. The van der Waals surface area contributed by atoms with Crippen molar-refractivity contribution in [1.29, 1.82) is 0 Å². The molecule has 0 spiro atoms. The Morgan fingerprint density at radius 1 is 1.16 bits per heavy atom. The van der Waals surface area contributed by atoms with Crippen LogP contribution in [-0.4, -0.2) is 23.5 Å². The van der Waals surface area contributed by atoms with E-state index in [1.807, 2.05) is 42.5 Å². The van der Waals surface area contributed by atoms with E-state index < -0.39 is 0 Å². The third-order valence-corrected chi connectivity index (χ3v) is 2.62. The van der Waals surface area contributed by atoms with Gasteiger partial charge in [-0.3, -0.25) is 4.98 Å². The van der Waals surface area contributed by atoms with E-state index >= 15 is 0 Å². The quantitative estimate of drug-likeness (QED) is 0.518. The molecule has 1 heterocycles. The fourth-order valence-electron chi connectivity index (χ4n) is 1.63. The van der Waals surface area contributed by atoms with Gasteiger partial charge in [0.15, 0.2) is 0 Å². The molecule has 1 aromatic carbocycles. The molecule has 0 aliphatic carbocycles. The van der Waals surface area contributed by atoms with E-state index in [0.29, 0.717) is 0 Å². The van der Waals surface area contributed by atoms with Crippen LogP contribution in [0.3, 0.4) is 0 Å². The number of rotatable bonds is 4. The highest BCUT2D eigenvalue weighted by Crippen LogP contribution is 2.14. The second kappa shape index (κ2) is 6.35. The van der Waals surface area contributed by atoms with Crippen LogP contribution in [0.4, 0.5) is 0 Å². The Morgan fingerprint density at radius 2 is 1.95 bits per heavy atom. The van der Waals surface area contributed by atoms with E-state index in [-0.39, 0.29) is 0 Å². The fourth-order valence-corrected chi connectivity index (χ4v) is 1.63. The zero-order valence-electron chi connectivity index (χ0n) is 10.5. The summed E-state index contributed by atoms with van der Waals surface area (Å²) in [6.07, 6.45) is 6.87. The lowest BCUT2D eigenvalue weighted by Crippen LogP contribution is -1.89. The van der Waals surface area contributed by atoms with Crippen LogP contribution < -0.4 is 4.74 Å². The van der Waals surface area contributed by atoms with Gasteiger partial charge in [-0.25, -0.2) is 0 Å². The predicted octanol–water partition coefficient (Wildman–Crippen LogP) is 3.07. The minimum atomic E-state index is 0.746. The molecule has 96 valence electrons. The molecule has 4 nitrogen and oxygen atoms in total. The summed E-state index contributed by atoms with van der Waals surface area (Å²) in [6.45, 7) is 0. The monoisotopic (exact) mass is 254 g/mol. The van der Waals surface area contributed by atoms with Crippen LogP contribution in [0.5, 0.6) is 5.75 Å². The first-order chi connectivity index (χ1) is 9.33. The van der Waals surface area contributed by atoms with Crippen LogP contribution in [-0.2, 0) is 0 Å². The maximum absolute atomic E-state index is 8.59. The second-order valence-corrected chi connectivity index (χ2v) is 3.83.